The van der Waals surface area contributed by atoms with Crippen LogP contribution in [0.15, 0.2) is 49.2 Å². The van der Waals surface area contributed by atoms with Gasteiger partial charge in [-0.05, 0) is 35.7 Å². The molecule has 1 N–H and O–H groups in total. The highest BCUT2D eigenvalue weighted by Crippen LogP contribution is 2.20. The summed E-state index contributed by atoms with van der Waals surface area (Å²) in [5.41, 5.74) is 3.76. The Morgan fingerprint density at radius 1 is 1.04 bits per heavy atom. The zero-order chi connectivity index (χ0) is 18.6. The molecule has 0 bridgehead atoms. The minimum Gasteiger partial charge on any atom is -0.481 e. The smallest absolute Gasteiger partial charge is 0.216 e. The maximum Gasteiger partial charge on any atom is 0.216 e. The Kier molecular flexibility index (Phi) is 4.74. The van der Waals surface area contributed by atoms with Gasteiger partial charge in [0.25, 0.3) is 0 Å². The number of nitrogens with one attached hydrogen (secondary N) is 1. The molecule has 0 unspecified atom stereocenters. The predicted molar refractivity (Wildman–Crippen MR) is 99.1 cm³/mol. The number of aromatic amines is 1. The minimum absolute atomic E-state index is 0.379. The number of hydrogen-bond donors (Lipinski definition) is 1. The normalized spacial score (nSPS) is 11.0. The van der Waals surface area contributed by atoms with Gasteiger partial charge in [-0.25, -0.2) is 24.3 Å². The van der Waals surface area contributed by atoms with Crippen molar-refractivity contribution >= 4 is 11.0 Å². The number of nitrogens with zero attached hydrogens (tertiary/aromatic N) is 4. The van der Waals surface area contributed by atoms with Crippen LogP contribution in [0.3, 0.4) is 0 Å². The maximum absolute atomic E-state index is 13.4. The summed E-state index contributed by atoms with van der Waals surface area (Å²) in [4.78, 5) is 20.3. The molecule has 0 aliphatic heterocycles. The Hall–Kier alpha value is -3.35. The second-order valence-corrected chi connectivity index (χ2v) is 6.22. The molecule has 4 heterocycles. The molecule has 0 atom stereocenters. The Labute approximate surface area is 155 Å². The molecule has 27 heavy (non-hydrogen) atoms. The fourth-order valence-corrected chi connectivity index (χ4v) is 3.06. The standard InChI is InChI=1S/C20H18FN5O/c1-27-20-14(8-16(21)12-26-20)4-5-18-23-9-13(10-24-18)7-15-11-25-19-17(15)3-2-6-22-19/h2-3,6,8-12H,4-5,7H2,1H3,(H,22,25). The molecule has 0 saturated heterocycles. The Morgan fingerprint density at radius 3 is 2.70 bits per heavy atom. The van der Waals surface area contributed by atoms with Gasteiger partial charge in [-0.15, -0.1) is 0 Å². The molecule has 0 radical (unpaired) electrons. The van der Waals surface area contributed by atoms with Crippen LogP contribution < -0.4 is 4.74 Å². The van der Waals surface area contributed by atoms with Crippen molar-refractivity contribution < 1.29 is 9.13 Å². The first-order valence-corrected chi connectivity index (χ1v) is 8.62. The van der Waals surface area contributed by atoms with Crippen molar-refractivity contribution in [2.45, 2.75) is 19.3 Å². The number of H-pyrrole nitrogens is 1. The highest BCUT2D eigenvalue weighted by Gasteiger charge is 2.09. The first kappa shape index (κ1) is 17.1. The lowest BCUT2D eigenvalue weighted by atomic mass is 10.1. The van der Waals surface area contributed by atoms with Crippen LogP contribution in [0.5, 0.6) is 5.88 Å². The SMILES string of the molecule is COc1ncc(F)cc1CCc1ncc(Cc2c[nH]c3ncccc23)cn1. The molecular weight excluding hydrogens is 345 g/mol. The summed E-state index contributed by atoms with van der Waals surface area (Å²) in [6.07, 6.45) is 10.4. The van der Waals surface area contributed by atoms with E-state index >= 15 is 0 Å². The van der Waals surface area contributed by atoms with E-state index in [0.29, 0.717) is 30.1 Å². The first-order valence-electron chi connectivity index (χ1n) is 8.62. The molecule has 0 fully saturated rings. The molecule has 0 saturated carbocycles. The Morgan fingerprint density at radius 2 is 1.89 bits per heavy atom. The summed E-state index contributed by atoms with van der Waals surface area (Å²) in [6.45, 7) is 0. The third-order valence-corrected chi connectivity index (χ3v) is 4.39. The van der Waals surface area contributed by atoms with Crippen LogP contribution in [0.4, 0.5) is 4.39 Å². The summed E-state index contributed by atoms with van der Waals surface area (Å²) in [7, 11) is 1.52. The highest BCUT2D eigenvalue weighted by atomic mass is 19.1. The molecule has 136 valence electrons. The minimum atomic E-state index is -0.379. The van der Waals surface area contributed by atoms with E-state index in [1.807, 2.05) is 30.7 Å². The third kappa shape index (κ3) is 3.76. The third-order valence-electron chi connectivity index (χ3n) is 4.39. The highest BCUT2D eigenvalue weighted by molar-refractivity contribution is 5.79. The average Bonchev–Trinajstić information content (AvgIpc) is 3.10. The van der Waals surface area contributed by atoms with Crippen molar-refractivity contribution in [3.63, 3.8) is 0 Å². The van der Waals surface area contributed by atoms with Gasteiger partial charge in [-0.1, -0.05) is 0 Å². The molecule has 0 aliphatic carbocycles. The van der Waals surface area contributed by atoms with E-state index in [4.69, 9.17) is 4.74 Å². The van der Waals surface area contributed by atoms with Crippen LogP contribution in [0.1, 0.15) is 22.5 Å². The number of hydrogen-bond acceptors (Lipinski definition) is 5. The molecule has 4 aromatic heterocycles. The van der Waals surface area contributed by atoms with Crippen LogP contribution in [0.25, 0.3) is 11.0 Å². The molecular formula is C20H18FN5O. The van der Waals surface area contributed by atoms with Gasteiger partial charge in [0.15, 0.2) is 0 Å². The number of rotatable bonds is 6. The number of pyridine rings is 2. The molecule has 0 aliphatic rings. The molecule has 7 heteroatoms. The van der Waals surface area contributed by atoms with Crippen LogP contribution in [-0.2, 0) is 19.3 Å². The van der Waals surface area contributed by atoms with E-state index in [1.54, 1.807) is 6.20 Å². The molecule has 0 aromatic carbocycles. The number of ether oxygens (including phenoxy) is 1. The lowest BCUT2D eigenvalue weighted by Crippen LogP contribution is -2.02. The molecule has 0 spiro atoms. The fraction of sp³-hybridized carbons (Fsp3) is 0.200. The monoisotopic (exact) mass is 363 g/mol. The largest absolute Gasteiger partial charge is 0.481 e. The topological polar surface area (TPSA) is 76.6 Å². The van der Waals surface area contributed by atoms with Crippen molar-refractivity contribution in [3.05, 3.63) is 77.5 Å². The summed E-state index contributed by atoms with van der Waals surface area (Å²) in [5.74, 6) is 0.752. The van der Waals surface area contributed by atoms with Gasteiger partial charge in [0, 0.05) is 48.6 Å². The second kappa shape index (κ2) is 7.49. The van der Waals surface area contributed by atoms with Crippen molar-refractivity contribution in [2.75, 3.05) is 7.11 Å². The van der Waals surface area contributed by atoms with Crippen LogP contribution in [-0.4, -0.2) is 32.0 Å². The van der Waals surface area contributed by atoms with E-state index in [9.17, 15) is 4.39 Å². The zero-order valence-corrected chi connectivity index (χ0v) is 14.8. The summed E-state index contributed by atoms with van der Waals surface area (Å²) in [6, 6.07) is 5.41. The van der Waals surface area contributed by atoms with E-state index in [2.05, 4.69) is 24.9 Å². The van der Waals surface area contributed by atoms with Gasteiger partial charge in [0.2, 0.25) is 5.88 Å². The van der Waals surface area contributed by atoms with E-state index in [-0.39, 0.29) is 5.82 Å². The summed E-state index contributed by atoms with van der Waals surface area (Å²) in [5, 5.41) is 1.10. The van der Waals surface area contributed by atoms with Gasteiger partial charge in [0.05, 0.1) is 13.3 Å². The maximum atomic E-state index is 13.4. The predicted octanol–water partition coefficient (Wildman–Crippen LogP) is 3.27. The molecule has 4 rings (SSSR count). The lowest BCUT2D eigenvalue weighted by Gasteiger charge is -2.07. The van der Waals surface area contributed by atoms with Gasteiger partial charge in [0.1, 0.15) is 17.3 Å². The number of halogens is 1. The number of methoxy groups -OCH3 is 1. The molecule has 6 nitrogen and oxygen atoms in total. The number of fused-ring (bicyclic) bond motifs is 1. The second-order valence-electron chi connectivity index (χ2n) is 6.22. The van der Waals surface area contributed by atoms with Crippen molar-refractivity contribution in [3.8, 4) is 5.88 Å². The summed E-state index contributed by atoms with van der Waals surface area (Å²) >= 11 is 0. The van der Waals surface area contributed by atoms with Gasteiger partial charge in [-0.3, -0.25) is 0 Å². The van der Waals surface area contributed by atoms with Crippen LogP contribution in [0, 0.1) is 5.82 Å². The quantitative estimate of drug-likeness (QED) is 0.569. The van der Waals surface area contributed by atoms with Crippen LogP contribution in [0.2, 0.25) is 0 Å². The molecule has 4 aromatic rings. The van der Waals surface area contributed by atoms with Gasteiger partial charge < -0.3 is 9.72 Å². The van der Waals surface area contributed by atoms with Crippen molar-refractivity contribution in [1.29, 1.82) is 0 Å². The van der Waals surface area contributed by atoms with E-state index < -0.39 is 0 Å². The van der Waals surface area contributed by atoms with E-state index in [1.165, 1.54) is 13.2 Å². The number of aromatic nitrogens is 5. The fourth-order valence-electron chi connectivity index (χ4n) is 3.06. The molecule has 0 amide bonds. The average molecular weight is 363 g/mol. The van der Waals surface area contributed by atoms with Crippen molar-refractivity contribution in [1.82, 2.24) is 24.9 Å². The van der Waals surface area contributed by atoms with Crippen molar-refractivity contribution in [2.24, 2.45) is 0 Å². The Balaban J connectivity index is 1.44. The zero-order valence-electron chi connectivity index (χ0n) is 14.8. The Bertz CT molecular complexity index is 1060. The summed E-state index contributed by atoms with van der Waals surface area (Å²) < 4.78 is 18.6. The first-order chi connectivity index (χ1) is 13.2. The number of aryl methyl sites for hydroxylation is 2. The van der Waals surface area contributed by atoms with Crippen LogP contribution >= 0.6 is 0 Å². The van der Waals surface area contributed by atoms with Gasteiger partial charge in [-0.2, -0.15) is 0 Å². The van der Waals surface area contributed by atoms with Gasteiger partial charge >= 0.3 is 0 Å². The lowest BCUT2D eigenvalue weighted by molar-refractivity contribution is 0.390. The van der Waals surface area contributed by atoms with E-state index in [0.717, 1.165) is 34.8 Å².